The number of ketones is 1. The van der Waals surface area contributed by atoms with E-state index in [1.165, 1.54) is 22.3 Å². The van der Waals surface area contributed by atoms with E-state index in [9.17, 15) is 4.79 Å². The van der Waals surface area contributed by atoms with E-state index >= 15 is 0 Å². The van der Waals surface area contributed by atoms with Crippen LogP contribution in [0, 0.1) is 11.3 Å². The number of piperidine rings is 1. The number of carbonyl (C=O) groups excluding carboxylic acids is 1. The SMILES string of the molecule is COc1ccc2c3c1O[C@H]1C(=O)[C@]4(CCc5ccccc5C4)C[C@H]4[C@@H](C2)N(C)CC[C@]314. The fourth-order valence-corrected chi connectivity index (χ4v) is 8.03. The van der Waals surface area contributed by atoms with Crippen molar-refractivity contribution in [1.82, 2.24) is 4.90 Å². The number of hydrogen-bond donors (Lipinski definition) is 0. The number of nitrogens with zero attached hydrogens (tertiary/aromatic N) is 1. The van der Waals surface area contributed by atoms with Crippen molar-refractivity contribution in [3.8, 4) is 11.5 Å². The molecule has 0 N–H and O–H groups in total. The van der Waals surface area contributed by atoms with Crippen molar-refractivity contribution in [2.45, 2.75) is 56.1 Å². The number of rotatable bonds is 1. The number of hydrogen-bond acceptors (Lipinski definition) is 4. The highest BCUT2D eigenvalue weighted by molar-refractivity contribution is 5.94. The van der Waals surface area contributed by atoms with Crippen molar-refractivity contribution < 1.29 is 14.3 Å². The number of carbonyl (C=O) groups is 1. The Hall–Kier alpha value is -2.33. The Balaban J connectivity index is 1.42. The van der Waals surface area contributed by atoms with Gasteiger partial charge in [-0.25, -0.2) is 0 Å². The quantitative estimate of drug-likeness (QED) is 0.712. The lowest BCUT2D eigenvalue weighted by molar-refractivity contribution is -0.156. The van der Waals surface area contributed by atoms with Crippen molar-refractivity contribution in [3.63, 3.8) is 0 Å². The molecule has 2 aromatic carbocycles. The predicted octanol–water partition coefficient (Wildman–Crippen LogP) is 3.72. The van der Waals surface area contributed by atoms with Gasteiger partial charge in [-0.1, -0.05) is 30.3 Å². The highest BCUT2D eigenvalue weighted by Gasteiger charge is 2.70. The average molecular weight is 416 g/mol. The molecule has 2 aromatic rings. The molecule has 1 saturated carbocycles. The number of ether oxygens (including phenoxy) is 2. The predicted molar refractivity (Wildman–Crippen MR) is 118 cm³/mol. The highest BCUT2D eigenvalue weighted by Crippen LogP contribution is 2.66. The van der Waals surface area contributed by atoms with Gasteiger partial charge < -0.3 is 14.4 Å². The summed E-state index contributed by atoms with van der Waals surface area (Å²) in [5, 5.41) is 0. The largest absolute Gasteiger partial charge is 0.493 e. The third-order valence-electron chi connectivity index (χ3n) is 9.49. The molecule has 2 bridgehead atoms. The van der Waals surface area contributed by atoms with Gasteiger partial charge in [-0.2, -0.15) is 0 Å². The second kappa shape index (κ2) is 5.92. The minimum atomic E-state index is -0.363. The Morgan fingerprint density at radius 1 is 1.10 bits per heavy atom. The number of likely N-dealkylation sites (tertiary alicyclic amines) is 1. The summed E-state index contributed by atoms with van der Waals surface area (Å²) in [5.74, 6) is 2.46. The number of aryl methyl sites for hydroxylation is 1. The van der Waals surface area contributed by atoms with Crippen molar-refractivity contribution in [1.29, 1.82) is 0 Å². The molecule has 4 nitrogen and oxygen atoms in total. The molecule has 0 amide bonds. The topological polar surface area (TPSA) is 38.8 Å². The summed E-state index contributed by atoms with van der Waals surface area (Å²) in [6.07, 6.45) is 5.49. The van der Waals surface area contributed by atoms with Crippen LogP contribution in [0.25, 0.3) is 0 Å². The first-order valence-corrected chi connectivity index (χ1v) is 11.8. The lowest BCUT2D eigenvalue weighted by Gasteiger charge is -2.61. The minimum Gasteiger partial charge on any atom is -0.493 e. The number of fused-ring (bicyclic) bond motifs is 1. The van der Waals surface area contributed by atoms with Crippen LogP contribution in [0.1, 0.15) is 41.5 Å². The third-order valence-corrected chi connectivity index (χ3v) is 9.49. The first kappa shape index (κ1) is 18.3. The molecule has 2 fully saturated rings. The van der Waals surface area contributed by atoms with Crippen molar-refractivity contribution in [3.05, 3.63) is 58.7 Å². The minimum absolute atomic E-state index is 0.173. The van der Waals surface area contributed by atoms with Gasteiger partial charge >= 0.3 is 0 Å². The van der Waals surface area contributed by atoms with Crippen molar-refractivity contribution in [2.24, 2.45) is 11.3 Å². The molecular formula is C27H29NO3. The molecule has 2 heterocycles. The summed E-state index contributed by atoms with van der Waals surface area (Å²) in [7, 11) is 3.98. The van der Waals surface area contributed by atoms with Gasteiger partial charge in [0.2, 0.25) is 0 Å². The van der Waals surface area contributed by atoms with Crippen LogP contribution < -0.4 is 9.47 Å². The normalized spacial score (nSPS) is 37.2. The number of benzene rings is 2. The molecule has 7 rings (SSSR count). The van der Waals surface area contributed by atoms with Gasteiger partial charge in [0.15, 0.2) is 23.4 Å². The highest BCUT2D eigenvalue weighted by atomic mass is 16.5. The van der Waals surface area contributed by atoms with Gasteiger partial charge in [0.1, 0.15) is 0 Å². The van der Waals surface area contributed by atoms with Gasteiger partial charge in [0.25, 0.3) is 0 Å². The molecule has 1 saturated heterocycles. The van der Waals surface area contributed by atoms with Crippen LogP contribution in [0.4, 0.5) is 0 Å². The van der Waals surface area contributed by atoms with Gasteiger partial charge in [-0.05, 0) is 80.8 Å². The summed E-state index contributed by atoms with van der Waals surface area (Å²) in [6, 6.07) is 13.4. The van der Waals surface area contributed by atoms with E-state index in [1.807, 2.05) is 6.07 Å². The molecule has 31 heavy (non-hydrogen) atoms. The number of methoxy groups -OCH3 is 1. The molecule has 160 valence electrons. The van der Waals surface area contributed by atoms with E-state index in [-0.39, 0.29) is 16.9 Å². The molecule has 2 aliphatic heterocycles. The molecule has 5 atom stereocenters. The van der Waals surface area contributed by atoms with Crippen LogP contribution in [-0.2, 0) is 29.5 Å². The van der Waals surface area contributed by atoms with Gasteiger partial charge in [0.05, 0.1) is 7.11 Å². The monoisotopic (exact) mass is 415 g/mol. The Bertz CT molecular complexity index is 1130. The zero-order valence-corrected chi connectivity index (χ0v) is 18.3. The van der Waals surface area contributed by atoms with Crippen LogP contribution in [0.2, 0.25) is 0 Å². The number of likely N-dealkylation sites (N-methyl/N-ethyl adjacent to an activating group) is 1. The second-order valence-corrected chi connectivity index (χ2v) is 10.6. The lowest BCUT2D eigenvalue weighted by Crippen LogP contribution is -2.69. The van der Waals surface area contributed by atoms with Crippen LogP contribution in [-0.4, -0.2) is 43.5 Å². The maximum atomic E-state index is 14.3. The second-order valence-electron chi connectivity index (χ2n) is 10.6. The van der Waals surface area contributed by atoms with E-state index in [1.54, 1.807) is 7.11 Å². The standard InChI is InChI=1S/C27H29NO3/c1-28-12-11-27-19-15-26(10-9-16-5-3-4-6-18(16)14-26)24(29)25(27)31-23-21(30-2)8-7-17(22(23)27)13-20(19)28/h3-8,19-20,25H,9-15H2,1-2H3/t19-,20+,25-,26-,27-/m0/s1. The first-order chi connectivity index (χ1) is 15.1. The molecule has 0 aromatic heterocycles. The summed E-state index contributed by atoms with van der Waals surface area (Å²) in [6.45, 7) is 1.03. The molecule has 0 unspecified atom stereocenters. The number of Topliss-reactive ketones (excluding diaryl/α,β-unsaturated/α-hetero) is 1. The summed E-state index contributed by atoms with van der Waals surface area (Å²) < 4.78 is 12.4. The molecule has 5 aliphatic rings. The van der Waals surface area contributed by atoms with Gasteiger partial charge in [-0.15, -0.1) is 0 Å². The van der Waals surface area contributed by atoms with E-state index in [2.05, 4.69) is 42.3 Å². The van der Waals surface area contributed by atoms with E-state index in [0.717, 1.165) is 56.6 Å². The first-order valence-electron chi connectivity index (χ1n) is 11.8. The maximum Gasteiger partial charge on any atom is 0.180 e. The summed E-state index contributed by atoms with van der Waals surface area (Å²) in [5.41, 5.74) is 4.99. The molecule has 4 heteroatoms. The lowest BCUT2D eigenvalue weighted by atomic mass is 9.45. The summed E-state index contributed by atoms with van der Waals surface area (Å²) >= 11 is 0. The van der Waals surface area contributed by atoms with Crippen LogP contribution in [0.15, 0.2) is 36.4 Å². The Morgan fingerprint density at radius 2 is 1.94 bits per heavy atom. The average Bonchev–Trinajstić information content (AvgIpc) is 3.14. The van der Waals surface area contributed by atoms with Crippen LogP contribution in [0.5, 0.6) is 11.5 Å². The van der Waals surface area contributed by atoms with Gasteiger partial charge in [-0.3, -0.25) is 4.79 Å². The zero-order valence-electron chi connectivity index (χ0n) is 18.3. The fourth-order valence-electron chi connectivity index (χ4n) is 8.03. The Morgan fingerprint density at radius 3 is 2.77 bits per heavy atom. The maximum absolute atomic E-state index is 14.3. The zero-order chi connectivity index (χ0) is 21.0. The van der Waals surface area contributed by atoms with Crippen molar-refractivity contribution >= 4 is 5.78 Å². The summed E-state index contributed by atoms with van der Waals surface area (Å²) in [4.78, 5) is 16.9. The van der Waals surface area contributed by atoms with E-state index in [4.69, 9.17) is 9.47 Å². The smallest absolute Gasteiger partial charge is 0.180 e. The molecule has 2 spiro atoms. The Kier molecular flexibility index (Phi) is 3.49. The van der Waals surface area contributed by atoms with E-state index in [0.29, 0.717) is 17.7 Å². The molecule has 0 radical (unpaired) electrons. The molecular weight excluding hydrogens is 386 g/mol. The van der Waals surface area contributed by atoms with Crippen molar-refractivity contribution in [2.75, 3.05) is 20.7 Å². The fraction of sp³-hybridized carbons (Fsp3) is 0.519. The van der Waals surface area contributed by atoms with Gasteiger partial charge in [0, 0.05) is 22.4 Å². The molecule has 3 aliphatic carbocycles. The van der Waals surface area contributed by atoms with Crippen LogP contribution in [0.3, 0.4) is 0 Å². The van der Waals surface area contributed by atoms with Crippen LogP contribution >= 0.6 is 0 Å². The Labute approximate surface area is 183 Å². The third kappa shape index (κ3) is 2.08. The van der Waals surface area contributed by atoms with E-state index < -0.39 is 0 Å².